The molecule has 0 spiro atoms. The molecule has 0 bridgehead atoms. The third-order valence-electron chi connectivity index (χ3n) is 5.04. The predicted molar refractivity (Wildman–Crippen MR) is 100 cm³/mol. The van der Waals surface area contributed by atoms with Gasteiger partial charge < -0.3 is 10.1 Å². The molecular weight excluding hydrogens is 401 g/mol. The Morgan fingerprint density at radius 2 is 2.03 bits per heavy atom. The normalized spacial score (nSPS) is 15.2. The van der Waals surface area contributed by atoms with Crippen LogP contribution in [-0.4, -0.2) is 39.4 Å². The fraction of sp³-hybridized carbons (Fsp3) is 0.300. The molecule has 0 unspecified atom stereocenters. The van der Waals surface area contributed by atoms with E-state index in [4.69, 9.17) is 4.74 Å². The van der Waals surface area contributed by atoms with Crippen LogP contribution in [0.3, 0.4) is 0 Å². The maximum Gasteiger partial charge on any atom is 0.405 e. The summed E-state index contributed by atoms with van der Waals surface area (Å²) in [5.41, 5.74) is 0.299. The van der Waals surface area contributed by atoms with Gasteiger partial charge in [-0.15, -0.1) is 0 Å². The Morgan fingerprint density at radius 1 is 1.27 bits per heavy atom. The Labute approximate surface area is 168 Å². The average Bonchev–Trinajstić information content (AvgIpc) is 3.25. The summed E-state index contributed by atoms with van der Waals surface area (Å²) >= 11 is 0. The van der Waals surface area contributed by atoms with E-state index in [1.165, 1.54) is 23.4 Å². The molecule has 0 atom stereocenters. The molecule has 0 fully saturated rings. The molecule has 1 aliphatic rings. The van der Waals surface area contributed by atoms with Crippen molar-refractivity contribution in [2.75, 3.05) is 6.54 Å². The minimum atomic E-state index is -4.53. The molecule has 156 valence electrons. The number of carbonyl (C=O) groups excluding carboxylic acids is 2. The Hall–Kier alpha value is -3.43. The molecule has 0 saturated heterocycles. The van der Waals surface area contributed by atoms with Crippen molar-refractivity contribution in [3.63, 3.8) is 0 Å². The van der Waals surface area contributed by atoms with E-state index in [1.54, 1.807) is 32.0 Å². The van der Waals surface area contributed by atoms with Crippen molar-refractivity contribution < 1.29 is 27.5 Å². The maximum atomic E-state index is 12.6. The van der Waals surface area contributed by atoms with E-state index >= 15 is 0 Å². The predicted octanol–water partition coefficient (Wildman–Crippen LogP) is 2.97. The monoisotopic (exact) mass is 418 g/mol. The van der Waals surface area contributed by atoms with Crippen LogP contribution in [0.5, 0.6) is 5.75 Å². The van der Waals surface area contributed by atoms with Crippen LogP contribution in [-0.2, 0) is 16.8 Å². The van der Waals surface area contributed by atoms with Crippen molar-refractivity contribution in [2.45, 2.75) is 32.0 Å². The van der Waals surface area contributed by atoms with Crippen molar-refractivity contribution >= 4 is 22.6 Å². The summed E-state index contributed by atoms with van der Waals surface area (Å²) in [7, 11) is 0. The van der Waals surface area contributed by atoms with Gasteiger partial charge in [-0.05, 0) is 48.4 Å². The quantitative estimate of drug-likeness (QED) is 0.520. The van der Waals surface area contributed by atoms with Crippen molar-refractivity contribution in [1.82, 2.24) is 20.1 Å². The molecule has 4 rings (SSSR count). The van der Waals surface area contributed by atoms with Gasteiger partial charge in [0.1, 0.15) is 24.9 Å². The smallest absolute Gasteiger partial charge is 0.405 e. The highest BCUT2D eigenvalue weighted by molar-refractivity contribution is 6.04. The number of fused-ring (bicyclic) bond motifs is 3. The molecule has 10 heteroatoms. The second kappa shape index (κ2) is 6.82. The molecule has 2 heterocycles. The van der Waals surface area contributed by atoms with Crippen LogP contribution in [0.15, 0.2) is 36.9 Å². The summed E-state index contributed by atoms with van der Waals surface area (Å²) in [5, 5.41) is 7.21. The fourth-order valence-corrected chi connectivity index (χ4v) is 3.56. The lowest BCUT2D eigenvalue weighted by molar-refractivity contribution is -0.137. The number of nitrogens with zero attached hydrogens (tertiary/aromatic N) is 3. The van der Waals surface area contributed by atoms with Crippen LogP contribution >= 0.6 is 0 Å². The lowest BCUT2D eigenvalue weighted by atomic mass is 9.82. The number of carbonyl (C=O) groups is 2. The van der Waals surface area contributed by atoms with E-state index < -0.39 is 30.0 Å². The number of nitrogens with one attached hydrogen (secondary N) is 1. The van der Waals surface area contributed by atoms with E-state index in [-0.39, 0.29) is 12.1 Å². The van der Waals surface area contributed by atoms with Gasteiger partial charge in [0.05, 0.1) is 12.0 Å². The lowest BCUT2D eigenvalue weighted by Gasteiger charge is -2.18. The van der Waals surface area contributed by atoms with Gasteiger partial charge in [-0.2, -0.15) is 18.3 Å². The number of benzene rings is 2. The third kappa shape index (κ3) is 3.49. The number of rotatable bonds is 4. The second-order valence-electron chi connectivity index (χ2n) is 7.57. The number of alkyl halides is 3. The van der Waals surface area contributed by atoms with Crippen molar-refractivity contribution in [1.29, 1.82) is 0 Å². The molecule has 0 saturated carbocycles. The average molecular weight is 418 g/mol. The summed E-state index contributed by atoms with van der Waals surface area (Å²) in [5.74, 6) is -0.815. The van der Waals surface area contributed by atoms with E-state index in [0.29, 0.717) is 27.6 Å². The van der Waals surface area contributed by atoms with Gasteiger partial charge in [0.15, 0.2) is 0 Å². The summed E-state index contributed by atoms with van der Waals surface area (Å²) < 4.78 is 44.6. The van der Waals surface area contributed by atoms with Gasteiger partial charge in [-0.25, -0.2) is 9.67 Å². The molecule has 1 amide bonds. The van der Waals surface area contributed by atoms with Crippen molar-refractivity contribution in [2.24, 2.45) is 0 Å². The third-order valence-corrected chi connectivity index (χ3v) is 5.04. The highest BCUT2D eigenvalue weighted by Gasteiger charge is 2.42. The van der Waals surface area contributed by atoms with Crippen molar-refractivity contribution in [3.8, 4) is 5.75 Å². The second-order valence-corrected chi connectivity index (χ2v) is 7.57. The molecule has 2 aromatic carbocycles. The first-order valence-electron chi connectivity index (χ1n) is 9.06. The molecule has 1 N–H and O–H groups in total. The number of aromatic nitrogens is 3. The van der Waals surface area contributed by atoms with E-state index in [9.17, 15) is 22.8 Å². The minimum Gasteiger partial charge on any atom is -0.426 e. The Kier molecular flexibility index (Phi) is 4.52. The van der Waals surface area contributed by atoms with Gasteiger partial charge in [0.25, 0.3) is 5.91 Å². The first-order valence-corrected chi connectivity index (χ1v) is 9.06. The topological polar surface area (TPSA) is 86.1 Å². The highest BCUT2D eigenvalue weighted by Crippen LogP contribution is 2.44. The lowest BCUT2D eigenvalue weighted by Crippen LogP contribution is -2.34. The Balaban J connectivity index is 1.86. The van der Waals surface area contributed by atoms with Crippen LogP contribution in [0.4, 0.5) is 13.2 Å². The minimum absolute atomic E-state index is 0.0882. The Morgan fingerprint density at radius 3 is 2.70 bits per heavy atom. The van der Waals surface area contributed by atoms with Gasteiger partial charge in [0, 0.05) is 11.1 Å². The molecule has 3 aromatic rings. The first kappa shape index (κ1) is 19.9. The summed E-state index contributed by atoms with van der Waals surface area (Å²) in [6.45, 7) is 2.15. The molecule has 30 heavy (non-hydrogen) atoms. The summed E-state index contributed by atoms with van der Waals surface area (Å²) in [6, 6.07) is 6.51. The van der Waals surface area contributed by atoms with E-state index in [1.807, 2.05) is 5.32 Å². The van der Waals surface area contributed by atoms with Crippen LogP contribution in [0.1, 0.15) is 35.3 Å². The number of amides is 1. The molecular formula is C20H17F3N4O3. The van der Waals surface area contributed by atoms with E-state index in [2.05, 4.69) is 10.1 Å². The van der Waals surface area contributed by atoms with Crippen LogP contribution in [0.25, 0.3) is 10.8 Å². The highest BCUT2D eigenvalue weighted by atomic mass is 19.4. The Bertz CT molecular complexity index is 1150. The largest absolute Gasteiger partial charge is 0.426 e. The SMILES string of the molecule is CC1(C)C(=O)Oc2ccc3cc(C(=O)NCC(F)(F)F)c(Cn4cncn4)cc3c21. The number of hydrogen-bond donors (Lipinski definition) is 1. The molecule has 0 radical (unpaired) electrons. The van der Waals surface area contributed by atoms with Gasteiger partial charge in [-0.3, -0.25) is 9.59 Å². The van der Waals surface area contributed by atoms with Crippen LogP contribution in [0.2, 0.25) is 0 Å². The zero-order valence-electron chi connectivity index (χ0n) is 16.1. The zero-order chi connectivity index (χ0) is 21.7. The standard InChI is InChI=1S/C20H17F3N4O3/c1-19(2)16-13-6-12(7-27-10-24-9-26-27)14(17(28)25-8-20(21,22)23)5-11(13)3-4-15(16)30-18(19)29/h3-6,9-10H,7-8H2,1-2H3,(H,25,28). The molecule has 1 aliphatic heterocycles. The number of hydrogen-bond acceptors (Lipinski definition) is 5. The van der Waals surface area contributed by atoms with Crippen LogP contribution < -0.4 is 10.1 Å². The summed E-state index contributed by atoms with van der Waals surface area (Å²) in [6.07, 6.45) is -1.77. The number of ether oxygens (including phenoxy) is 1. The fourth-order valence-electron chi connectivity index (χ4n) is 3.56. The zero-order valence-corrected chi connectivity index (χ0v) is 16.1. The van der Waals surface area contributed by atoms with Gasteiger partial charge >= 0.3 is 12.1 Å². The van der Waals surface area contributed by atoms with Crippen molar-refractivity contribution in [3.05, 3.63) is 53.6 Å². The molecule has 0 aliphatic carbocycles. The van der Waals surface area contributed by atoms with Gasteiger partial charge in [-0.1, -0.05) is 6.07 Å². The summed E-state index contributed by atoms with van der Waals surface area (Å²) in [4.78, 5) is 28.7. The molecule has 1 aromatic heterocycles. The van der Waals surface area contributed by atoms with Gasteiger partial charge in [0.2, 0.25) is 0 Å². The maximum absolute atomic E-state index is 12.6. The van der Waals surface area contributed by atoms with Crippen LogP contribution in [0, 0.1) is 0 Å². The first-order chi connectivity index (χ1) is 14.1. The number of esters is 1. The molecule has 7 nitrogen and oxygen atoms in total. The van der Waals surface area contributed by atoms with E-state index in [0.717, 1.165) is 0 Å². The number of halogens is 3.